The second kappa shape index (κ2) is 6.33. The number of benzene rings is 1. The molecule has 0 bridgehead atoms. The van der Waals surface area contributed by atoms with E-state index in [2.05, 4.69) is 13.8 Å². The summed E-state index contributed by atoms with van der Waals surface area (Å²) >= 11 is 11.8. The first-order valence-electron chi connectivity index (χ1n) is 5.29. The van der Waals surface area contributed by atoms with Gasteiger partial charge in [-0.3, -0.25) is 0 Å². The van der Waals surface area contributed by atoms with Gasteiger partial charge < -0.3 is 4.74 Å². The summed E-state index contributed by atoms with van der Waals surface area (Å²) in [6.45, 7) is 4.63. The lowest BCUT2D eigenvalue weighted by Crippen LogP contribution is -2.02. The Morgan fingerprint density at radius 2 is 1.83 bits per heavy atom. The van der Waals surface area contributed by atoms with Crippen LogP contribution in [0.2, 0.25) is 10.0 Å². The molecule has 0 amide bonds. The average Bonchev–Trinajstić information content (AvgIpc) is 2.22. The Balaban J connectivity index is 2.95. The molecule has 3 nitrogen and oxygen atoms in total. The molecule has 0 saturated carbocycles. The van der Waals surface area contributed by atoms with Crippen molar-refractivity contribution >= 4 is 42.9 Å². The van der Waals surface area contributed by atoms with Gasteiger partial charge in [-0.15, -0.1) is 0 Å². The summed E-state index contributed by atoms with van der Waals surface area (Å²) in [5, 5.41) is -0.0594. The van der Waals surface area contributed by atoms with Crippen molar-refractivity contribution in [2.45, 2.75) is 25.2 Å². The molecule has 1 rings (SSSR count). The summed E-state index contributed by atoms with van der Waals surface area (Å²) < 4.78 is 27.8. The Bertz CT molecular complexity index is 527. The number of ether oxygens (including phenoxy) is 1. The predicted molar refractivity (Wildman–Crippen MR) is 74.5 cm³/mol. The Morgan fingerprint density at radius 3 is 2.33 bits per heavy atom. The minimum atomic E-state index is -3.91. The van der Waals surface area contributed by atoms with Crippen molar-refractivity contribution in [1.29, 1.82) is 0 Å². The summed E-state index contributed by atoms with van der Waals surface area (Å²) in [5.41, 5.74) is 0. The first-order valence-corrected chi connectivity index (χ1v) is 8.35. The quantitative estimate of drug-likeness (QED) is 0.754. The highest BCUT2D eigenvalue weighted by Gasteiger charge is 2.19. The molecule has 0 radical (unpaired) electrons. The van der Waals surface area contributed by atoms with Gasteiger partial charge in [-0.1, -0.05) is 37.0 Å². The largest absolute Gasteiger partial charge is 0.492 e. The van der Waals surface area contributed by atoms with Crippen LogP contribution in [0.4, 0.5) is 0 Å². The third-order valence-corrected chi connectivity index (χ3v) is 4.57. The fourth-order valence-electron chi connectivity index (χ4n) is 1.22. The molecule has 0 unspecified atom stereocenters. The molecule has 0 saturated heterocycles. The lowest BCUT2D eigenvalue weighted by atomic mass is 10.1. The third-order valence-electron chi connectivity index (χ3n) is 2.23. The molecule has 0 fully saturated rings. The monoisotopic (exact) mass is 330 g/mol. The van der Waals surface area contributed by atoms with Crippen LogP contribution in [0.25, 0.3) is 0 Å². The van der Waals surface area contributed by atoms with Crippen LogP contribution in [0.15, 0.2) is 17.0 Å². The van der Waals surface area contributed by atoms with E-state index < -0.39 is 9.05 Å². The zero-order valence-electron chi connectivity index (χ0n) is 9.91. The van der Waals surface area contributed by atoms with Gasteiger partial charge in [-0.05, 0) is 24.5 Å². The van der Waals surface area contributed by atoms with E-state index in [1.165, 1.54) is 12.1 Å². The molecule has 7 heteroatoms. The first kappa shape index (κ1) is 15.9. The second-order valence-corrected chi connectivity index (χ2v) is 7.45. The topological polar surface area (TPSA) is 43.4 Å². The molecule has 0 heterocycles. The van der Waals surface area contributed by atoms with Crippen molar-refractivity contribution in [2.24, 2.45) is 5.92 Å². The van der Waals surface area contributed by atoms with Crippen LogP contribution in [-0.2, 0) is 9.05 Å². The maximum absolute atomic E-state index is 11.2. The zero-order chi connectivity index (χ0) is 13.9. The molecular formula is C11H13Cl3O3S. The normalized spacial score (nSPS) is 11.9. The van der Waals surface area contributed by atoms with Gasteiger partial charge in [0.15, 0.2) is 0 Å². The third kappa shape index (κ3) is 4.19. The van der Waals surface area contributed by atoms with E-state index in [0.717, 1.165) is 6.42 Å². The standard InChI is InChI=1S/C11H13Cl3O3S/c1-7(2)5-6-17-8-3-4-9(18(14,15)16)11(13)10(8)12/h3-4,7H,5-6H2,1-2H3. The Hall–Kier alpha value is -0.160. The van der Waals surface area contributed by atoms with Gasteiger partial charge >= 0.3 is 0 Å². The molecule has 0 atom stereocenters. The van der Waals surface area contributed by atoms with Crippen molar-refractivity contribution in [2.75, 3.05) is 6.61 Å². The van der Waals surface area contributed by atoms with Crippen LogP contribution >= 0.6 is 33.9 Å². The van der Waals surface area contributed by atoms with E-state index in [0.29, 0.717) is 18.3 Å². The molecule has 102 valence electrons. The molecule has 18 heavy (non-hydrogen) atoms. The second-order valence-electron chi connectivity index (χ2n) is 4.16. The first-order chi connectivity index (χ1) is 8.23. The van der Waals surface area contributed by atoms with E-state index in [1.807, 2.05) is 0 Å². The van der Waals surface area contributed by atoms with Gasteiger partial charge in [0.1, 0.15) is 15.7 Å². The van der Waals surface area contributed by atoms with Crippen LogP contribution in [0.5, 0.6) is 5.75 Å². The van der Waals surface area contributed by atoms with Crippen molar-refractivity contribution < 1.29 is 13.2 Å². The van der Waals surface area contributed by atoms with Gasteiger partial charge in [0.2, 0.25) is 0 Å². The molecule has 0 aliphatic heterocycles. The lowest BCUT2D eigenvalue weighted by molar-refractivity contribution is 0.289. The van der Waals surface area contributed by atoms with E-state index in [-0.39, 0.29) is 14.9 Å². The molecular weight excluding hydrogens is 319 g/mol. The van der Waals surface area contributed by atoms with Crippen LogP contribution < -0.4 is 4.74 Å². The minimum Gasteiger partial charge on any atom is -0.492 e. The maximum atomic E-state index is 11.2. The SMILES string of the molecule is CC(C)CCOc1ccc(S(=O)(=O)Cl)c(Cl)c1Cl. The number of hydrogen-bond acceptors (Lipinski definition) is 3. The number of halogens is 3. The number of rotatable bonds is 5. The van der Waals surface area contributed by atoms with Crippen LogP contribution in [0.1, 0.15) is 20.3 Å². The van der Waals surface area contributed by atoms with E-state index in [1.54, 1.807) is 0 Å². The van der Waals surface area contributed by atoms with Crippen molar-refractivity contribution in [3.63, 3.8) is 0 Å². The van der Waals surface area contributed by atoms with Gasteiger partial charge in [0.25, 0.3) is 9.05 Å². The fourth-order valence-corrected chi connectivity index (χ4v) is 3.01. The maximum Gasteiger partial charge on any atom is 0.262 e. The predicted octanol–water partition coefficient (Wildman–Crippen LogP) is 4.35. The molecule has 0 aromatic heterocycles. The van der Waals surface area contributed by atoms with Crippen LogP contribution in [-0.4, -0.2) is 15.0 Å². The summed E-state index contributed by atoms with van der Waals surface area (Å²) in [6, 6.07) is 2.73. The lowest BCUT2D eigenvalue weighted by Gasteiger charge is -2.11. The van der Waals surface area contributed by atoms with E-state index in [9.17, 15) is 8.42 Å². The summed E-state index contributed by atoms with van der Waals surface area (Å²) in [7, 11) is 1.32. The van der Waals surface area contributed by atoms with E-state index in [4.69, 9.17) is 38.6 Å². The van der Waals surface area contributed by atoms with Gasteiger partial charge in [0, 0.05) is 10.7 Å². The molecule has 0 N–H and O–H groups in total. The fraction of sp³-hybridized carbons (Fsp3) is 0.455. The van der Waals surface area contributed by atoms with Gasteiger partial charge in [-0.2, -0.15) is 0 Å². The summed E-state index contributed by atoms with van der Waals surface area (Å²) in [6.07, 6.45) is 0.865. The Kier molecular flexibility index (Phi) is 5.59. The Morgan fingerprint density at radius 1 is 1.22 bits per heavy atom. The molecule has 1 aromatic rings. The van der Waals surface area contributed by atoms with E-state index >= 15 is 0 Å². The van der Waals surface area contributed by atoms with Crippen molar-refractivity contribution in [3.8, 4) is 5.75 Å². The molecule has 0 aliphatic carbocycles. The minimum absolute atomic E-state index is 0.0575. The highest BCUT2D eigenvalue weighted by molar-refractivity contribution is 8.13. The average molecular weight is 332 g/mol. The Labute approximate surface area is 121 Å². The molecule has 1 aromatic carbocycles. The summed E-state index contributed by atoms with van der Waals surface area (Å²) in [4.78, 5) is -0.216. The van der Waals surface area contributed by atoms with Crippen LogP contribution in [0, 0.1) is 5.92 Å². The van der Waals surface area contributed by atoms with Crippen molar-refractivity contribution in [1.82, 2.24) is 0 Å². The highest BCUT2D eigenvalue weighted by Crippen LogP contribution is 2.37. The zero-order valence-corrected chi connectivity index (χ0v) is 13.0. The number of hydrogen-bond donors (Lipinski definition) is 0. The van der Waals surface area contributed by atoms with Gasteiger partial charge in [0.05, 0.1) is 11.6 Å². The van der Waals surface area contributed by atoms with Gasteiger partial charge in [-0.25, -0.2) is 8.42 Å². The van der Waals surface area contributed by atoms with Crippen molar-refractivity contribution in [3.05, 3.63) is 22.2 Å². The molecule has 0 aliphatic rings. The summed E-state index contributed by atoms with van der Waals surface area (Å²) in [5.74, 6) is 0.855. The smallest absolute Gasteiger partial charge is 0.262 e. The highest BCUT2D eigenvalue weighted by atomic mass is 35.7. The van der Waals surface area contributed by atoms with Crippen LogP contribution in [0.3, 0.4) is 0 Å². The molecule has 0 spiro atoms.